The molecular weight excluding hydrogens is 385 g/mol. The molecule has 0 spiro atoms. The maximum atomic E-state index is 13.4. The summed E-state index contributed by atoms with van der Waals surface area (Å²) in [5, 5.41) is 0. The number of hydrogen-bond acceptors (Lipinski definition) is 3. The van der Waals surface area contributed by atoms with Crippen LogP contribution in [0.3, 0.4) is 0 Å². The Bertz CT molecular complexity index is 1060. The van der Waals surface area contributed by atoms with E-state index in [9.17, 15) is 14.0 Å². The number of hydrogen-bond donors (Lipinski definition) is 0. The molecule has 0 atom stereocenters. The highest BCUT2D eigenvalue weighted by Crippen LogP contribution is 2.39. The van der Waals surface area contributed by atoms with Crippen LogP contribution in [0, 0.1) is 5.82 Å². The Labute approximate surface area is 172 Å². The standard InChI is InChI=1S/C24H18FNO2S/c25-19-13-11-18(12-14-19)21-22(29-20-9-5-2-6-10-20)24(28)26(23(21)27)16-15-17-7-3-1-4-8-17/h1-14H,15-16H2. The van der Waals surface area contributed by atoms with E-state index in [-0.39, 0.29) is 17.6 Å². The number of imide groups is 1. The topological polar surface area (TPSA) is 37.4 Å². The highest BCUT2D eigenvalue weighted by molar-refractivity contribution is 8.04. The zero-order valence-corrected chi connectivity index (χ0v) is 16.4. The van der Waals surface area contributed by atoms with Gasteiger partial charge in [0.2, 0.25) is 0 Å². The molecule has 0 radical (unpaired) electrons. The number of halogens is 1. The van der Waals surface area contributed by atoms with Gasteiger partial charge in [0.05, 0.1) is 10.5 Å². The number of carbonyl (C=O) groups is 2. The second kappa shape index (κ2) is 8.45. The summed E-state index contributed by atoms with van der Waals surface area (Å²) in [6.07, 6.45) is 0.582. The van der Waals surface area contributed by atoms with Crippen molar-refractivity contribution < 1.29 is 14.0 Å². The van der Waals surface area contributed by atoms with Crippen molar-refractivity contribution in [3.8, 4) is 0 Å². The van der Waals surface area contributed by atoms with Gasteiger partial charge in [0.15, 0.2) is 0 Å². The minimum absolute atomic E-state index is 0.297. The van der Waals surface area contributed by atoms with Crippen LogP contribution in [0.25, 0.3) is 5.57 Å². The fourth-order valence-corrected chi connectivity index (χ4v) is 4.25. The summed E-state index contributed by atoms with van der Waals surface area (Å²) in [6, 6.07) is 24.9. The first kappa shape index (κ1) is 19.2. The summed E-state index contributed by atoms with van der Waals surface area (Å²) >= 11 is 1.27. The summed E-state index contributed by atoms with van der Waals surface area (Å²) in [6.45, 7) is 0.297. The molecule has 4 rings (SSSR count). The van der Waals surface area contributed by atoms with Crippen molar-refractivity contribution in [1.29, 1.82) is 0 Å². The Morgan fingerprint density at radius 1 is 0.759 bits per heavy atom. The normalized spacial score (nSPS) is 14.0. The highest BCUT2D eigenvalue weighted by atomic mass is 32.2. The maximum Gasteiger partial charge on any atom is 0.268 e. The van der Waals surface area contributed by atoms with Crippen LogP contribution < -0.4 is 0 Å². The van der Waals surface area contributed by atoms with E-state index >= 15 is 0 Å². The minimum atomic E-state index is -0.385. The molecule has 3 aromatic carbocycles. The second-order valence-electron chi connectivity index (χ2n) is 6.62. The van der Waals surface area contributed by atoms with Gasteiger partial charge < -0.3 is 0 Å². The lowest BCUT2D eigenvalue weighted by Gasteiger charge is -2.15. The first-order valence-corrected chi connectivity index (χ1v) is 10.1. The average molecular weight is 403 g/mol. The number of benzene rings is 3. The fraction of sp³-hybridized carbons (Fsp3) is 0.0833. The molecule has 3 nitrogen and oxygen atoms in total. The Balaban J connectivity index is 1.66. The molecule has 0 saturated carbocycles. The molecule has 5 heteroatoms. The quantitative estimate of drug-likeness (QED) is 0.547. The minimum Gasteiger partial charge on any atom is -0.274 e. The third-order valence-corrected chi connectivity index (χ3v) is 5.78. The van der Waals surface area contributed by atoms with E-state index < -0.39 is 0 Å². The number of thioether (sulfide) groups is 1. The maximum absolute atomic E-state index is 13.4. The summed E-state index contributed by atoms with van der Waals surface area (Å²) in [5.41, 5.74) is 1.93. The van der Waals surface area contributed by atoms with Gasteiger partial charge >= 0.3 is 0 Å². The Morgan fingerprint density at radius 2 is 1.38 bits per heavy atom. The number of rotatable bonds is 6. The lowest BCUT2D eigenvalue weighted by Crippen LogP contribution is -2.33. The molecule has 0 bridgehead atoms. The molecule has 0 aliphatic carbocycles. The molecule has 1 aliphatic heterocycles. The van der Waals surface area contributed by atoms with Crippen LogP contribution in [0.2, 0.25) is 0 Å². The van der Waals surface area contributed by atoms with Crippen molar-refractivity contribution >= 4 is 29.1 Å². The molecule has 0 unspecified atom stereocenters. The van der Waals surface area contributed by atoms with Crippen molar-refractivity contribution in [1.82, 2.24) is 4.90 Å². The largest absolute Gasteiger partial charge is 0.274 e. The van der Waals surface area contributed by atoms with Gasteiger partial charge in [-0.15, -0.1) is 0 Å². The smallest absolute Gasteiger partial charge is 0.268 e. The van der Waals surface area contributed by atoms with Crippen molar-refractivity contribution in [2.24, 2.45) is 0 Å². The first-order chi connectivity index (χ1) is 14.1. The lowest BCUT2D eigenvalue weighted by atomic mass is 10.1. The number of amides is 2. The van der Waals surface area contributed by atoms with Crippen molar-refractivity contribution in [3.63, 3.8) is 0 Å². The Kier molecular flexibility index (Phi) is 5.58. The van der Waals surface area contributed by atoms with Crippen molar-refractivity contribution in [2.45, 2.75) is 11.3 Å². The van der Waals surface area contributed by atoms with E-state index in [4.69, 9.17) is 0 Å². The monoisotopic (exact) mass is 403 g/mol. The summed E-state index contributed by atoms with van der Waals surface area (Å²) in [5.74, 6) is -1.03. The summed E-state index contributed by atoms with van der Waals surface area (Å²) in [7, 11) is 0. The third-order valence-electron chi connectivity index (χ3n) is 4.69. The van der Waals surface area contributed by atoms with Crippen molar-refractivity contribution in [2.75, 3.05) is 6.54 Å². The van der Waals surface area contributed by atoms with Crippen LogP contribution in [0.5, 0.6) is 0 Å². The molecule has 1 aliphatic rings. The molecule has 0 N–H and O–H groups in total. The third kappa shape index (κ3) is 4.15. The van der Waals surface area contributed by atoms with E-state index in [1.165, 1.54) is 28.8 Å². The van der Waals surface area contributed by atoms with Crippen LogP contribution in [0.4, 0.5) is 4.39 Å². The van der Waals surface area contributed by atoms with Gasteiger partial charge in [-0.3, -0.25) is 14.5 Å². The molecule has 0 fully saturated rings. The second-order valence-corrected chi connectivity index (χ2v) is 7.71. The fourth-order valence-electron chi connectivity index (χ4n) is 3.21. The summed E-state index contributed by atoms with van der Waals surface area (Å²) in [4.78, 5) is 28.8. The molecule has 0 saturated heterocycles. The number of carbonyl (C=O) groups excluding carboxylic acids is 2. The Hall–Kier alpha value is -3.18. The van der Waals surface area contributed by atoms with Crippen LogP contribution in [0.15, 0.2) is 94.7 Å². The molecule has 2 amide bonds. The van der Waals surface area contributed by atoms with Gasteiger partial charge in [0, 0.05) is 11.4 Å². The highest BCUT2D eigenvalue weighted by Gasteiger charge is 2.39. The van der Waals surface area contributed by atoms with E-state index in [2.05, 4.69) is 0 Å². The van der Waals surface area contributed by atoms with Gasteiger partial charge in [0.25, 0.3) is 11.8 Å². The average Bonchev–Trinajstić information content (AvgIpc) is 2.98. The molecule has 144 valence electrons. The van der Waals surface area contributed by atoms with Gasteiger partial charge in [-0.25, -0.2) is 4.39 Å². The molecule has 29 heavy (non-hydrogen) atoms. The number of nitrogens with zero attached hydrogens (tertiary/aromatic N) is 1. The van der Waals surface area contributed by atoms with Gasteiger partial charge in [-0.2, -0.15) is 0 Å². The predicted octanol–water partition coefficient (Wildman–Crippen LogP) is 4.94. The summed E-state index contributed by atoms with van der Waals surface area (Å²) < 4.78 is 13.4. The van der Waals surface area contributed by atoms with Crippen LogP contribution >= 0.6 is 11.8 Å². The first-order valence-electron chi connectivity index (χ1n) is 9.27. The zero-order valence-electron chi connectivity index (χ0n) is 15.5. The predicted molar refractivity (Wildman–Crippen MR) is 112 cm³/mol. The zero-order chi connectivity index (χ0) is 20.2. The molecule has 0 aromatic heterocycles. The van der Waals surface area contributed by atoms with E-state index in [1.54, 1.807) is 12.1 Å². The van der Waals surface area contributed by atoms with Gasteiger partial charge in [-0.1, -0.05) is 72.4 Å². The van der Waals surface area contributed by atoms with Gasteiger partial charge in [-0.05, 0) is 41.8 Å². The SMILES string of the molecule is O=C1C(Sc2ccccc2)=C(c2ccc(F)cc2)C(=O)N1CCc1ccccc1. The van der Waals surface area contributed by atoms with E-state index in [1.807, 2.05) is 60.7 Å². The molecule has 3 aromatic rings. The Morgan fingerprint density at radius 3 is 2.03 bits per heavy atom. The van der Waals surface area contributed by atoms with E-state index in [0.717, 1.165) is 10.5 Å². The lowest BCUT2D eigenvalue weighted by molar-refractivity contribution is -0.136. The van der Waals surface area contributed by atoms with Crippen LogP contribution in [-0.4, -0.2) is 23.3 Å². The van der Waals surface area contributed by atoms with Crippen molar-refractivity contribution in [3.05, 3.63) is 107 Å². The van der Waals surface area contributed by atoms with Crippen LogP contribution in [-0.2, 0) is 16.0 Å². The van der Waals surface area contributed by atoms with E-state index in [0.29, 0.717) is 29.0 Å². The molecule has 1 heterocycles. The molecular formula is C24H18FNO2S. The van der Waals surface area contributed by atoms with Crippen LogP contribution in [0.1, 0.15) is 11.1 Å². The van der Waals surface area contributed by atoms with Gasteiger partial charge in [0.1, 0.15) is 5.82 Å².